The first-order valence-corrected chi connectivity index (χ1v) is 6.57. The van der Waals surface area contributed by atoms with Crippen LogP contribution in [-0.2, 0) is 0 Å². The van der Waals surface area contributed by atoms with Crippen molar-refractivity contribution in [2.75, 3.05) is 13.6 Å². The number of halogens is 1. The predicted molar refractivity (Wildman–Crippen MR) is 79.8 cm³/mol. The van der Waals surface area contributed by atoms with E-state index < -0.39 is 0 Å². The zero-order valence-electron chi connectivity index (χ0n) is 11.2. The fourth-order valence-electron chi connectivity index (χ4n) is 2.11. The third-order valence-corrected chi connectivity index (χ3v) is 3.59. The van der Waals surface area contributed by atoms with Crippen LogP contribution in [0.2, 0.25) is 5.02 Å². The molecule has 0 saturated carbocycles. The number of amides is 1. The van der Waals surface area contributed by atoms with Gasteiger partial charge >= 0.3 is 0 Å². The molecule has 0 saturated heterocycles. The quantitative estimate of drug-likeness (QED) is 0.848. The minimum absolute atomic E-state index is 0.0217. The van der Waals surface area contributed by atoms with Crippen molar-refractivity contribution in [1.82, 2.24) is 9.88 Å². The number of hydrogen-bond donors (Lipinski definition) is 1. The topological polar surface area (TPSA) is 36.1 Å². The molecule has 0 atom stereocenters. The largest absolute Gasteiger partial charge is 0.349 e. The highest BCUT2D eigenvalue weighted by atomic mass is 35.5. The Labute approximate surface area is 117 Å². The highest BCUT2D eigenvalue weighted by Gasteiger charge is 2.18. The van der Waals surface area contributed by atoms with Crippen molar-refractivity contribution in [3.8, 4) is 0 Å². The summed E-state index contributed by atoms with van der Waals surface area (Å²) in [4.78, 5) is 17.2. The van der Waals surface area contributed by atoms with E-state index in [4.69, 9.17) is 11.6 Å². The molecule has 1 heterocycles. The average molecular weight is 277 g/mol. The maximum Gasteiger partial charge on any atom is 0.270 e. The number of H-pyrrole nitrogens is 1. The molecule has 19 heavy (non-hydrogen) atoms. The number of hydrogen-bond acceptors (Lipinski definition) is 1. The number of carbonyl (C=O) groups is 1. The van der Waals surface area contributed by atoms with Crippen LogP contribution in [-0.4, -0.2) is 29.4 Å². The van der Waals surface area contributed by atoms with E-state index in [0.717, 1.165) is 22.9 Å². The van der Waals surface area contributed by atoms with Crippen molar-refractivity contribution in [3.05, 3.63) is 47.1 Å². The highest BCUT2D eigenvalue weighted by molar-refractivity contribution is 6.35. The van der Waals surface area contributed by atoms with Crippen LogP contribution in [0.1, 0.15) is 22.5 Å². The van der Waals surface area contributed by atoms with Gasteiger partial charge in [-0.3, -0.25) is 4.79 Å². The van der Waals surface area contributed by atoms with E-state index in [1.807, 2.05) is 25.1 Å². The molecule has 0 spiro atoms. The Morgan fingerprint density at radius 2 is 2.26 bits per heavy atom. The molecule has 0 fully saturated rings. The van der Waals surface area contributed by atoms with Crippen LogP contribution < -0.4 is 0 Å². The number of aromatic nitrogens is 1. The van der Waals surface area contributed by atoms with Gasteiger partial charge in [0.05, 0.1) is 10.5 Å². The molecule has 0 bridgehead atoms. The number of aryl methyl sites for hydroxylation is 1. The summed E-state index contributed by atoms with van der Waals surface area (Å²) in [6, 6.07) is 5.67. The molecule has 1 N–H and O–H groups in total. The number of aromatic amines is 1. The van der Waals surface area contributed by atoms with E-state index in [-0.39, 0.29) is 5.91 Å². The molecule has 0 aliphatic rings. The summed E-state index contributed by atoms with van der Waals surface area (Å²) in [6.45, 7) is 6.26. The molecule has 2 aromatic rings. The van der Waals surface area contributed by atoms with Crippen LogP contribution in [0.4, 0.5) is 0 Å². The van der Waals surface area contributed by atoms with Gasteiger partial charge in [-0.05, 0) is 25.0 Å². The van der Waals surface area contributed by atoms with Gasteiger partial charge < -0.3 is 9.88 Å². The van der Waals surface area contributed by atoms with Crippen LogP contribution >= 0.6 is 11.6 Å². The molecule has 0 radical (unpaired) electrons. The van der Waals surface area contributed by atoms with Gasteiger partial charge in [0.2, 0.25) is 0 Å². The molecule has 0 unspecified atom stereocenters. The maximum atomic E-state index is 12.4. The number of rotatable bonds is 4. The van der Waals surface area contributed by atoms with Gasteiger partial charge in [-0.15, -0.1) is 6.58 Å². The number of nitrogens with one attached hydrogen (secondary N) is 1. The molecule has 4 heteroatoms. The molecule has 2 rings (SSSR count). The smallest absolute Gasteiger partial charge is 0.270 e. The van der Waals surface area contributed by atoms with E-state index in [2.05, 4.69) is 11.6 Å². The SMILES string of the molecule is C=CCCN(C)C(=O)c1[nH]c2c(Cl)cccc2c1C. The molecular formula is C15H17ClN2O. The van der Waals surface area contributed by atoms with Crippen LogP contribution in [0.25, 0.3) is 10.9 Å². The Kier molecular flexibility index (Phi) is 3.96. The van der Waals surface area contributed by atoms with Crippen molar-refractivity contribution < 1.29 is 4.79 Å². The highest BCUT2D eigenvalue weighted by Crippen LogP contribution is 2.28. The van der Waals surface area contributed by atoms with E-state index in [1.54, 1.807) is 18.0 Å². The van der Waals surface area contributed by atoms with Crippen LogP contribution in [0.15, 0.2) is 30.9 Å². The van der Waals surface area contributed by atoms with Crippen molar-refractivity contribution in [2.45, 2.75) is 13.3 Å². The van der Waals surface area contributed by atoms with E-state index in [1.165, 1.54) is 0 Å². The Hall–Kier alpha value is -1.74. The number of nitrogens with zero attached hydrogens (tertiary/aromatic N) is 1. The summed E-state index contributed by atoms with van der Waals surface area (Å²) in [6.07, 6.45) is 2.58. The minimum Gasteiger partial charge on any atom is -0.349 e. The maximum absolute atomic E-state index is 12.4. The van der Waals surface area contributed by atoms with E-state index >= 15 is 0 Å². The minimum atomic E-state index is -0.0217. The Bertz CT molecular complexity index is 630. The lowest BCUT2D eigenvalue weighted by Gasteiger charge is -2.15. The molecule has 3 nitrogen and oxygen atoms in total. The summed E-state index contributed by atoms with van der Waals surface area (Å²) in [5.74, 6) is -0.0217. The fourth-order valence-corrected chi connectivity index (χ4v) is 2.33. The van der Waals surface area contributed by atoms with Gasteiger partial charge in [-0.2, -0.15) is 0 Å². The summed E-state index contributed by atoms with van der Waals surface area (Å²) in [7, 11) is 1.79. The van der Waals surface area contributed by atoms with E-state index in [9.17, 15) is 4.79 Å². The normalized spacial score (nSPS) is 10.7. The Morgan fingerprint density at radius 3 is 2.89 bits per heavy atom. The van der Waals surface area contributed by atoms with Crippen molar-refractivity contribution in [1.29, 1.82) is 0 Å². The van der Waals surface area contributed by atoms with Crippen molar-refractivity contribution >= 4 is 28.4 Å². The number of benzene rings is 1. The van der Waals surface area contributed by atoms with Gasteiger partial charge in [-0.1, -0.05) is 29.8 Å². The first-order chi connectivity index (χ1) is 9.06. The second-order valence-electron chi connectivity index (χ2n) is 4.59. The second kappa shape index (κ2) is 5.49. The fraction of sp³-hybridized carbons (Fsp3) is 0.267. The molecule has 100 valence electrons. The number of para-hydroxylation sites is 1. The Morgan fingerprint density at radius 1 is 1.53 bits per heavy atom. The summed E-state index contributed by atoms with van der Waals surface area (Å²) >= 11 is 6.14. The third-order valence-electron chi connectivity index (χ3n) is 3.27. The standard InChI is InChI=1S/C15H17ClN2O/c1-4-5-9-18(3)15(19)13-10(2)11-7-6-8-12(16)14(11)17-13/h4,6-8,17H,1,5,9H2,2-3H3. The van der Waals surface area contributed by atoms with Gasteiger partial charge in [0.25, 0.3) is 5.91 Å². The van der Waals surface area contributed by atoms with Gasteiger partial charge in [-0.25, -0.2) is 0 Å². The van der Waals surface area contributed by atoms with Crippen molar-refractivity contribution in [2.24, 2.45) is 0 Å². The summed E-state index contributed by atoms with van der Waals surface area (Å²) < 4.78 is 0. The Balaban J connectivity index is 2.40. The van der Waals surface area contributed by atoms with Crippen LogP contribution in [0, 0.1) is 6.92 Å². The van der Waals surface area contributed by atoms with E-state index in [0.29, 0.717) is 17.3 Å². The third kappa shape index (κ3) is 2.51. The lowest BCUT2D eigenvalue weighted by molar-refractivity contribution is 0.0792. The molecule has 0 aliphatic heterocycles. The first-order valence-electron chi connectivity index (χ1n) is 6.19. The monoisotopic (exact) mass is 276 g/mol. The van der Waals surface area contributed by atoms with Gasteiger partial charge in [0.15, 0.2) is 0 Å². The average Bonchev–Trinajstić information content (AvgIpc) is 2.74. The molecule has 1 amide bonds. The first kappa shape index (κ1) is 13.7. The summed E-state index contributed by atoms with van der Waals surface area (Å²) in [5, 5.41) is 1.63. The summed E-state index contributed by atoms with van der Waals surface area (Å²) in [5.41, 5.74) is 2.37. The molecule has 0 aliphatic carbocycles. The second-order valence-corrected chi connectivity index (χ2v) is 5.00. The number of carbonyl (C=O) groups excluding carboxylic acids is 1. The van der Waals surface area contributed by atoms with Gasteiger partial charge in [0.1, 0.15) is 5.69 Å². The lowest BCUT2D eigenvalue weighted by Crippen LogP contribution is -2.28. The zero-order valence-corrected chi connectivity index (χ0v) is 11.9. The van der Waals surface area contributed by atoms with Crippen LogP contribution in [0.3, 0.4) is 0 Å². The molecule has 1 aromatic heterocycles. The zero-order chi connectivity index (χ0) is 14.0. The van der Waals surface area contributed by atoms with Crippen LogP contribution in [0.5, 0.6) is 0 Å². The lowest BCUT2D eigenvalue weighted by atomic mass is 10.1. The van der Waals surface area contributed by atoms with Crippen molar-refractivity contribution in [3.63, 3.8) is 0 Å². The number of fused-ring (bicyclic) bond motifs is 1. The predicted octanol–water partition coefficient (Wildman–Crippen LogP) is 3.78. The van der Waals surface area contributed by atoms with Gasteiger partial charge in [0, 0.05) is 19.0 Å². The molecule has 1 aromatic carbocycles. The molecular weight excluding hydrogens is 260 g/mol.